The molecule has 1 atom stereocenters. The number of benzene rings is 1. The molecule has 0 bridgehead atoms. The Bertz CT molecular complexity index is 845. The summed E-state index contributed by atoms with van der Waals surface area (Å²) in [7, 11) is 0. The molecule has 1 amide bonds. The van der Waals surface area contributed by atoms with Crippen LogP contribution >= 0.6 is 11.8 Å². The number of nitrogens with zero attached hydrogens (tertiary/aromatic N) is 2. The van der Waals surface area contributed by atoms with Crippen molar-refractivity contribution < 1.29 is 19.1 Å². The minimum absolute atomic E-state index is 0.0442. The maximum absolute atomic E-state index is 12.8. The molecule has 7 heteroatoms. The lowest BCUT2D eigenvalue weighted by Gasteiger charge is -2.38. The molecule has 1 fully saturated rings. The summed E-state index contributed by atoms with van der Waals surface area (Å²) >= 11 is 1.53. The summed E-state index contributed by atoms with van der Waals surface area (Å²) in [6.07, 6.45) is 3.99. The minimum Gasteiger partial charge on any atom is -0.494 e. The Balaban J connectivity index is 1.96. The van der Waals surface area contributed by atoms with Gasteiger partial charge in [-0.1, -0.05) is 49.9 Å². The van der Waals surface area contributed by atoms with E-state index in [2.05, 4.69) is 18.5 Å². The van der Waals surface area contributed by atoms with Crippen LogP contribution in [0.5, 0.6) is 5.75 Å². The van der Waals surface area contributed by atoms with E-state index >= 15 is 0 Å². The van der Waals surface area contributed by atoms with Crippen LogP contribution in [0, 0.1) is 0 Å². The van der Waals surface area contributed by atoms with Crippen LogP contribution in [0.1, 0.15) is 44.7 Å². The topological polar surface area (TPSA) is 68.2 Å². The monoisotopic (exact) mass is 414 g/mol. The maximum Gasteiger partial charge on any atom is 0.338 e. The Kier molecular flexibility index (Phi) is 7.14. The molecular formula is C22H26N2O4S. The van der Waals surface area contributed by atoms with E-state index in [0.717, 1.165) is 24.2 Å². The van der Waals surface area contributed by atoms with Crippen molar-refractivity contribution in [3.05, 3.63) is 53.8 Å². The van der Waals surface area contributed by atoms with Crippen LogP contribution < -0.4 is 4.74 Å². The first-order valence-electron chi connectivity index (χ1n) is 9.82. The third kappa shape index (κ3) is 4.72. The summed E-state index contributed by atoms with van der Waals surface area (Å²) in [4.78, 5) is 31.7. The molecule has 1 aromatic carbocycles. The fraction of sp³-hybridized carbons (Fsp3) is 0.409. The molecule has 154 valence electrons. The standard InChI is InChI=1S/C22H26N2O4S/c1-4-6-13-27-17-9-7-16(8-10-17)20-19(21(26)28-12-5-2)15(3)23-22-24(20)18(25)11-14-29-22/h5,7-10,20H,2,4,6,11-14H2,1,3H3. The number of carbonyl (C=O) groups excluding carboxylic acids is 2. The van der Waals surface area contributed by atoms with Gasteiger partial charge in [0.1, 0.15) is 12.4 Å². The number of rotatable bonds is 8. The second kappa shape index (κ2) is 9.78. The van der Waals surface area contributed by atoms with Crippen molar-refractivity contribution in [2.75, 3.05) is 19.0 Å². The third-order valence-electron chi connectivity index (χ3n) is 4.72. The fourth-order valence-corrected chi connectivity index (χ4v) is 4.27. The molecule has 0 aliphatic carbocycles. The van der Waals surface area contributed by atoms with E-state index in [1.54, 1.807) is 11.8 Å². The Hall–Kier alpha value is -2.54. The Morgan fingerprint density at radius 1 is 1.38 bits per heavy atom. The molecule has 29 heavy (non-hydrogen) atoms. The van der Waals surface area contributed by atoms with Crippen LogP contribution in [0.15, 0.2) is 53.2 Å². The van der Waals surface area contributed by atoms with Crippen LogP contribution in [0.25, 0.3) is 0 Å². The van der Waals surface area contributed by atoms with Gasteiger partial charge in [-0.25, -0.2) is 9.79 Å². The molecule has 0 aromatic heterocycles. The highest BCUT2D eigenvalue weighted by molar-refractivity contribution is 8.14. The van der Waals surface area contributed by atoms with Gasteiger partial charge in [-0.05, 0) is 31.0 Å². The normalized spacial score (nSPS) is 18.8. The second-order valence-corrected chi connectivity index (χ2v) is 7.88. The van der Waals surface area contributed by atoms with Gasteiger partial charge in [0.25, 0.3) is 0 Å². The van der Waals surface area contributed by atoms with Crippen molar-refractivity contribution in [2.24, 2.45) is 4.99 Å². The van der Waals surface area contributed by atoms with Gasteiger partial charge in [-0.15, -0.1) is 0 Å². The highest BCUT2D eigenvalue weighted by atomic mass is 32.2. The van der Waals surface area contributed by atoms with Crippen molar-refractivity contribution in [3.63, 3.8) is 0 Å². The number of thioether (sulfide) groups is 1. The summed E-state index contributed by atoms with van der Waals surface area (Å²) in [5.74, 6) is 0.927. The van der Waals surface area contributed by atoms with E-state index in [0.29, 0.717) is 35.2 Å². The van der Waals surface area contributed by atoms with Gasteiger partial charge in [0.05, 0.1) is 23.9 Å². The summed E-state index contributed by atoms with van der Waals surface area (Å²) in [6, 6.07) is 6.98. The van der Waals surface area contributed by atoms with Crippen molar-refractivity contribution >= 4 is 28.8 Å². The predicted octanol–water partition coefficient (Wildman–Crippen LogP) is 4.24. The fourth-order valence-electron chi connectivity index (χ4n) is 3.27. The molecule has 0 N–H and O–H groups in total. The number of amides is 1. The van der Waals surface area contributed by atoms with Gasteiger partial charge in [0, 0.05) is 12.2 Å². The van der Waals surface area contributed by atoms with Crippen molar-refractivity contribution in [1.29, 1.82) is 0 Å². The van der Waals surface area contributed by atoms with Gasteiger partial charge in [-0.3, -0.25) is 9.69 Å². The molecule has 1 aromatic rings. The second-order valence-electron chi connectivity index (χ2n) is 6.82. The lowest BCUT2D eigenvalue weighted by Crippen LogP contribution is -2.45. The number of ether oxygens (including phenoxy) is 2. The molecule has 2 heterocycles. The third-order valence-corrected chi connectivity index (χ3v) is 5.68. The van der Waals surface area contributed by atoms with Gasteiger partial charge in [0.2, 0.25) is 5.91 Å². The van der Waals surface area contributed by atoms with E-state index in [1.165, 1.54) is 17.8 Å². The summed E-state index contributed by atoms with van der Waals surface area (Å²) < 4.78 is 11.0. The molecule has 6 nitrogen and oxygen atoms in total. The van der Waals surface area contributed by atoms with E-state index in [9.17, 15) is 9.59 Å². The number of esters is 1. The maximum atomic E-state index is 12.8. The zero-order chi connectivity index (χ0) is 20.8. The first kappa shape index (κ1) is 21.2. The van der Waals surface area contributed by atoms with Gasteiger partial charge in [0.15, 0.2) is 5.17 Å². The molecule has 2 aliphatic heterocycles. The highest BCUT2D eigenvalue weighted by Gasteiger charge is 2.41. The number of hydrogen-bond donors (Lipinski definition) is 0. The molecular weight excluding hydrogens is 388 g/mol. The zero-order valence-electron chi connectivity index (χ0n) is 16.8. The number of unbranched alkanes of at least 4 members (excludes halogenated alkanes) is 1. The molecule has 1 saturated heterocycles. The van der Waals surface area contributed by atoms with Gasteiger partial charge >= 0.3 is 5.97 Å². The van der Waals surface area contributed by atoms with Crippen molar-refractivity contribution in [2.45, 2.75) is 39.2 Å². The number of fused-ring (bicyclic) bond motifs is 1. The van der Waals surface area contributed by atoms with E-state index < -0.39 is 12.0 Å². The number of aliphatic imine (C=N–C) groups is 1. The van der Waals surface area contributed by atoms with Crippen molar-refractivity contribution in [1.82, 2.24) is 4.90 Å². The Labute approximate surface area is 175 Å². The lowest BCUT2D eigenvalue weighted by atomic mass is 9.94. The molecule has 1 unspecified atom stereocenters. The van der Waals surface area contributed by atoms with Gasteiger partial charge < -0.3 is 9.47 Å². The Morgan fingerprint density at radius 3 is 2.83 bits per heavy atom. The van der Waals surface area contributed by atoms with Crippen LogP contribution in [-0.4, -0.2) is 40.9 Å². The lowest BCUT2D eigenvalue weighted by molar-refractivity contribution is -0.139. The SMILES string of the molecule is C=CCOC(=O)C1=C(C)N=C2SCCC(=O)N2C1c1ccc(OCCCC)cc1. The van der Waals surface area contributed by atoms with Crippen LogP contribution in [0.2, 0.25) is 0 Å². The zero-order valence-corrected chi connectivity index (χ0v) is 17.7. The first-order chi connectivity index (χ1) is 14.1. The van der Waals surface area contributed by atoms with Gasteiger partial charge in [-0.2, -0.15) is 0 Å². The molecule has 3 rings (SSSR count). The van der Waals surface area contributed by atoms with E-state index in [1.807, 2.05) is 24.3 Å². The van der Waals surface area contributed by atoms with Crippen molar-refractivity contribution in [3.8, 4) is 5.75 Å². The molecule has 0 radical (unpaired) electrons. The largest absolute Gasteiger partial charge is 0.494 e. The number of allylic oxidation sites excluding steroid dienone is 1. The average Bonchev–Trinajstić information content (AvgIpc) is 2.72. The number of carbonyl (C=O) groups is 2. The molecule has 2 aliphatic rings. The number of hydrogen-bond acceptors (Lipinski definition) is 6. The highest BCUT2D eigenvalue weighted by Crippen LogP contribution is 2.40. The first-order valence-corrected chi connectivity index (χ1v) is 10.8. The minimum atomic E-state index is -0.565. The van der Waals surface area contributed by atoms with E-state index in [4.69, 9.17) is 9.47 Å². The van der Waals surface area contributed by atoms with Crippen LogP contribution in [-0.2, 0) is 14.3 Å². The average molecular weight is 415 g/mol. The summed E-state index contributed by atoms with van der Waals surface area (Å²) in [6.45, 7) is 8.25. The smallest absolute Gasteiger partial charge is 0.338 e. The predicted molar refractivity (Wildman–Crippen MR) is 115 cm³/mol. The molecule has 0 spiro atoms. The van der Waals surface area contributed by atoms with E-state index in [-0.39, 0.29) is 12.5 Å². The van der Waals surface area contributed by atoms with Crippen LogP contribution in [0.3, 0.4) is 0 Å². The van der Waals surface area contributed by atoms with Crippen LogP contribution in [0.4, 0.5) is 0 Å². The molecule has 0 saturated carbocycles. The quantitative estimate of drug-likeness (QED) is 0.361. The summed E-state index contributed by atoms with van der Waals surface area (Å²) in [5.41, 5.74) is 1.77. The number of amidine groups is 1. The Morgan fingerprint density at radius 2 is 2.14 bits per heavy atom. The summed E-state index contributed by atoms with van der Waals surface area (Å²) in [5, 5.41) is 0.632.